The molecule has 2 aromatic carbocycles. The number of rotatable bonds is 10. The maximum atomic E-state index is 12.6. The molecule has 1 aliphatic heterocycles. The number of fused-ring (bicyclic) bond motifs is 1. The third-order valence-corrected chi connectivity index (χ3v) is 5.91. The Hall–Kier alpha value is -3.31. The van der Waals surface area contributed by atoms with Crippen molar-refractivity contribution in [1.29, 1.82) is 0 Å². The van der Waals surface area contributed by atoms with E-state index >= 15 is 0 Å². The van der Waals surface area contributed by atoms with E-state index in [0.717, 1.165) is 0 Å². The van der Waals surface area contributed by atoms with Crippen molar-refractivity contribution in [2.24, 2.45) is 0 Å². The molecule has 10 nitrogen and oxygen atoms in total. The van der Waals surface area contributed by atoms with E-state index in [9.17, 15) is 18.0 Å². The quantitative estimate of drug-likeness (QED) is 0.497. The van der Waals surface area contributed by atoms with Crippen LogP contribution in [0.25, 0.3) is 0 Å². The summed E-state index contributed by atoms with van der Waals surface area (Å²) in [5.74, 6) is 0.375. The molecule has 0 radical (unpaired) electrons. The first kappa shape index (κ1) is 24.3. The van der Waals surface area contributed by atoms with Gasteiger partial charge in [-0.25, -0.2) is 17.9 Å². The molecule has 0 spiro atoms. The lowest BCUT2D eigenvalue weighted by molar-refractivity contribution is -0.145. The van der Waals surface area contributed by atoms with Gasteiger partial charge in [-0.05, 0) is 31.2 Å². The molecule has 0 unspecified atom stereocenters. The van der Waals surface area contributed by atoms with Crippen molar-refractivity contribution < 1.29 is 37.0 Å². The molecule has 0 atom stereocenters. The fourth-order valence-corrected chi connectivity index (χ4v) is 3.97. The first-order valence-electron chi connectivity index (χ1n) is 10.4. The Morgan fingerprint density at radius 3 is 2.64 bits per heavy atom. The van der Waals surface area contributed by atoms with Crippen LogP contribution >= 0.6 is 0 Å². The molecule has 3 rings (SSSR count). The molecule has 2 aromatic rings. The summed E-state index contributed by atoms with van der Waals surface area (Å²) < 4.78 is 48.7. The molecule has 2 N–H and O–H groups in total. The van der Waals surface area contributed by atoms with E-state index in [4.69, 9.17) is 18.9 Å². The van der Waals surface area contributed by atoms with Gasteiger partial charge in [-0.15, -0.1) is 0 Å². The summed E-state index contributed by atoms with van der Waals surface area (Å²) in [5.41, 5.74) is 0.451. The van der Waals surface area contributed by atoms with Gasteiger partial charge in [-0.1, -0.05) is 6.07 Å². The van der Waals surface area contributed by atoms with Crippen molar-refractivity contribution in [3.8, 4) is 17.2 Å². The van der Waals surface area contributed by atoms with Crippen molar-refractivity contribution in [3.05, 3.63) is 42.5 Å². The summed E-state index contributed by atoms with van der Waals surface area (Å²) in [6, 6.07) is 10.9. The van der Waals surface area contributed by atoms with Gasteiger partial charge in [0.05, 0.1) is 24.7 Å². The van der Waals surface area contributed by atoms with Crippen molar-refractivity contribution >= 4 is 27.6 Å². The van der Waals surface area contributed by atoms with Gasteiger partial charge in [0, 0.05) is 37.2 Å². The first-order chi connectivity index (χ1) is 15.9. The Labute approximate surface area is 192 Å². The molecule has 1 amide bonds. The van der Waals surface area contributed by atoms with Gasteiger partial charge in [0.15, 0.2) is 18.1 Å². The zero-order valence-electron chi connectivity index (χ0n) is 18.2. The summed E-state index contributed by atoms with van der Waals surface area (Å²) in [6.07, 6.45) is 0.627. The number of hydrogen-bond donors (Lipinski definition) is 2. The Morgan fingerprint density at radius 1 is 1.06 bits per heavy atom. The lowest BCUT2D eigenvalue weighted by Gasteiger charge is -2.11. The fraction of sp³-hybridized carbons (Fsp3) is 0.364. The van der Waals surface area contributed by atoms with Crippen LogP contribution in [0, 0.1) is 0 Å². The number of carbonyl (C=O) groups is 2. The Balaban J connectivity index is 1.49. The monoisotopic (exact) mass is 478 g/mol. The Morgan fingerprint density at radius 2 is 1.85 bits per heavy atom. The van der Waals surface area contributed by atoms with Gasteiger partial charge in [-0.3, -0.25) is 4.79 Å². The van der Waals surface area contributed by atoms with Crippen molar-refractivity contribution in [1.82, 2.24) is 4.72 Å². The molecule has 0 saturated heterocycles. The average molecular weight is 479 g/mol. The molecular formula is C22H26N2O8S. The Kier molecular flexibility index (Phi) is 8.50. The summed E-state index contributed by atoms with van der Waals surface area (Å²) in [6.45, 7) is 2.57. The second-order valence-electron chi connectivity index (χ2n) is 6.98. The highest BCUT2D eigenvalue weighted by Gasteiger charge is 2.19. The smallest absolute Gasteiger partial charge is 0.344 e. The number of amides is 1. The molecule has 0 fully saturated rings. The molecule has 11 heteroatoms. The number of sulfonamides is 1. The Bertz CT molecular complexity index is 1090. The maximum Gasteiger partial charge on any atom is 0.344 e. The largest absolute Gasteiger partial charge is 0.490 e. The summed E-state index contributed by atoms with van der Waals surface area (Å²) in [7, 11) is -3.83. The van der Waals surface area contributed by atoms with E-state index in [2.05, 4.69) is 10.0 Å². The molecule has 0 aliphatic carbocycles. The number of nitrogens with one attached hydrogen (secondary N) is 2. The fourth-order valence-electron chi connectivity index (χ4n) is 2.93. The predicted molar refractivity (Wildman–Crippen MR) is 119 cm³/mol. The van der Waals surface area contributed by atoms with E-state index in [1.54, 1.807) is 37.3 Å². The van der Waals surface area contributed by atoms with E-state index < -0.39 is 16.0 Å². The molecule has 0 bridgehead atoms. The summed E-state index contributed by atoms with van der Waals surface area (Å²) >= 11 is 0. The second kappa shape index (κ2) is 11.5. The van der Waals surface area contributed by atoms with Gasteiger partial charge >= 0.3 is 5.97 Å². The summed E-state index contributed by atoms with van der Waals surface area (Å²) in [4.78, 5) is 23.6. The van der Waals surface area contributed by atoms with Gasteiger partial charge in [0.2, 0.25) is 15.9 Å². The van der Waals surface area contributed by atoms with Crippen LogP contribution in [-0.4, -0.2) is 53.3 Å². The zero-order chi connectivity index (χ0) is 23.7. The predicted octanol–water partition coefficient (Wildman–Crippen LogP) is 2.10. The third-order valence-electron chi connectivity index (χ3n) is 4.45. The molecule has 178 valence electrons. The normalized spacial score (nSPS) is 13.0. The molecule has 0 aromatic heterocycles. The lowest BCUT2D eigenvalue weighted by Crippen LogP contribution is -2.27. The summed E-state index contributed by atoms with van der Waals surface area (Å²) in [5, 5.41) is 2.66. The van der Waals surface area contributed by atoms with Crippen molar-refractivity contribution in [2.75, 3.05) is 38.3 Å². The van der Waals surface area contributed by atoms with Crippen molar-refractivity contribution in [2.45, 2.75) is 24.7 Å². The minimum absolute atomic E-state index is 0.0265. The van der Waals surface area contributed by atoms with Crippen LogP contribution in [0.5, 0.6) is 17.2 Å². The molecule has 1 heterocycles. The standard InChI is InChI=1S/C22H26N2O8S/c1-2-29-22(26)15-32-17-6-3-5-16(13-17)24-21(25)9-10-23-33(27,28)18-7-8-19-20(14-18)31-12-4-11-30-19/h3,5-8,13-14,23H,2,4,9-12,15H2,1H3,(H,24,25). The lowest BCUT2D eigenvalue weighted by atomic mass is 10.3. The first-order valence-corrected chi connectivity index (χ1v) is 11.9. The van der Waals surface area contributed by atoms with Crippen LogP contribution in [0.2, 0.25) is 0 Å². The van der Waals surface area contributed by atoms with E-state index in [1.807, 2.05) is 0 Å². The van der Waals surface area contributed by atoms with Crippen LogP contribution in [0.4, 0.5) is 5.69 Å². The second-order valence-corrected chi connectivity index (χ2v) is 8.74. The minimum Gasteiger partial charge on any atom is -0.490 e. The highest BCUT2D eigenvalue weighted by atomic mass is 32.2. The highest BCUT2D eigenvalue weighted by Crippen LogP contribution is 2.31. The number of esters is 1. The number of anilines is 1. The third kappa shape index (κ3) is 7.36. The SMILES string of the molecule is CCOC(=O)COc1cccc(NC(=O)CCNS(=O)(=O)c2ccc3c(c2)OCCCO3)c1. The topological polar surface area (TPSA) is 129 Å². The molecule has 0 saturated carbocycles. The van der Waals surface area contributed by atoms with Crippen LogP contribution in [0.1, 0.15) is 19.8 Å². The molecular weight excluding hydrogens is 452 g/mol. The van der Waals surface area contributed by atoms with E-state index in [1.165, 1.54) is 12.1 Å². The number of hydrogen-bond acceptors (Lipinski definition) is 8. The number of ether oxygens (including phenoxy) is 4. The van der Waals surface area contributed by atoms with Gasteiger partial charge in [-0.2, -0.15) is 0 Å². The van der Waals surface area contributed by atoms with Crippen LogP contribution < -0.4 is 24.2 Å². The van der Waals surface area contributed by atoms with E-state index in [0.29, 0.717) is 42.6 Å². The molecule has 1 aliphatic rings. The van der Waals surface area contributed by atoms with Gasteiger partial charge in [0.25, 0.3) is 0 Å². The van der Waals surface area contributed by atoms with Gasteiger partial charge < -0.3 is 24.3 Å². The highest BCUT2D eigenvalue weighted by molar-refractivity contribution is 7.89. The molecule has 33 heavy (non-hydrogen) atoms. The van der Waals surface area contributed by atoms with Crippen molar-refractivity contribution in [3.63, 3.8) is 0 Å². The van der Waals surface area contributed by atoms with Gasteiger partial charge in [0.1, 0.15) is 5.75 Å². The maximum absolute atomic E-state index is 12.6. The van der Waals surface area contributed by atoms with Crippen LogP contribution in [-0.2, 0) is 24.3 Å². The van der Waals surface area contributed by atoms with Crippen LogP contribution in [0.3, 0.4) is 0 Å². The van der Waals surface area contributed by atoms with E-state index in [-0.39, 0.29) is 37.0 Å². The van der Waals surface area contributed by atoms with Crippen LogP contribution in [0.15, 0.2) is 47.4 Å². The number of carbonyl (C=O) groups excluding carboxylic acids is 2. The zero-order valence-corrected chi connectivity index (χ0v) is 19.0. The number of benzene rings is 2. The minimum atomic E-state index is -3.83. The average Bonchev–Trinajstić information content (AvgIpc) is 3.03.